The number of benzene rings is 1. The summed E-state index contributed by atoms with van der Waals surface area (Å²) in [5, 5.41) is 3.34. The molecule has 1 saturated heterocycles. The standard InChI is InChI=1S/C18H21N3O3/c1-20-12-14(5-8-17(20)22)18(23)21-10-9-19-11-16(21)13-3-6-15(24-2)7-4-13/h3-8,12,16,19H,9-11H2,1-2H3/t16-/m0/s1. The van der Waals surface area contributed by atoms with Gasteiger partial charge in [0.05, 0.1) is 18.7 Å². The highest BCUT2D eigenvalue weighted by molar-refractivity contribution is 5.94. The Balaban J connectivity index is 1.89. The second-order valence-corrected chi connectivity index (χ2v) is 5.86. The third-order valence-electron chi connectivity index (χ3n) is 4.34. The molecule has 24 heavy (non-hydrogen) atoms. The summed E-state index contributed by atoms with van der Waals surface area (Å²) >= 11 is 0. The molecule has 0 bridgehead atoms. The van der Waals surface area contributed by atoms with Gasteiger partial charge in [-0.3, -0.25) is 9.59 Å². The van der Waals surface area contributed by atoms with E-state index in [2.05, 4.69) is 5.32 Å². The minimum Gasteiger partial charge on any atom is -0.497 e. The number of aryl methyl sites for hydroxylation is 1. The smallest absolute Gasteiger partial charge is 0.255 e. The summed E-state index contributed by atoms with van der Waals surface area (Å²) in [6.45, 7) is 2.08. The summed E-state index contributed by atoms with van der Waals surface area (Å²) in [5.41, 5.74) is 1.46. The number of pyridine rings is 1. The summed E-state index contributed by atoms with van der Waals surface area (Å²) in [7, 11) is 3.28. The van der Waals surface area contributed by atoms with Crippen LogP contribution in [0.15, 0.2) is 47.4 Å². The highest BCUT2D eigenvalue weighted by Gasteiger charge is 2.28. The van der Waals surface area contributed by atoms with Crippen molar-refractivity contribution in [3.63, 3.8) is 0 Å². The molecule has 126 valence electrons. The molecule has 1 aromatic carbocycles. The fraction of sp³-hybridized carbons (Fsp3) is 0.333. The lowest BCUT2D eigenvalue weighted by Crippen LogP contribution is -2.48. The van der Waals surface area contributed by atoms with Gasteiger partial charge in [-0.25, -0.2) is 0 Å². The number of ether oxygens (including phenoxy) is 1. The molecule has 0 spiro atoms. The Kier molecular flexibility index (Phi) is 4.66. The predicted molar refractivity (Wildman–Crippen MR) is 91.3 cm³/mol. The van der Waals surface area contributed by atoms with Crippen LogP contribution in [0.1, 0.15) is 22.0 Å². The van der Waals surface area contributed by atoms with E-state index in [1.165, 1.54) is 10.6 Å². The van der Waals surface area contributed by atoms with E-state index < -0.39 is 0 Å². The number of hydrogen-bond donors (Lipinski definition) is 1. The van der Waals surface area contributed by atoms with Crippen LogP contribution in [0.2, 0.25) is 0 Å². The average Bonchev–Trinajstić information content (AvgIpc) is 2.63. The Labute approximate surface area is 140 Å². The second kappa shape index (κ2) is 6.88. The fourth-order valence-electron chi connectivity index (χ4n) is 2.96. The Hall–Kier alpha value is -2.60. The van der Waals surface area contributed by atoms with Crippen LogP contribution in [0.4, 0.5) is 0 Å². The van der Waals surface area contributed by atoms with Crippen molar-refractivity contribution in [3.8, 4) is 5.75 Å². The van der Waals surface area contributed by atoms with Gasteiger partial charge in [0.25, 0.3) is 5.91 Å². The molecule has 1 amide bonds. The van der Waals surface area contributed by atoms with Crippen molar-refractivity contribution in [3.05, 3.63) is 64.1 Å². The topological polar surface area (TPSA) is 63.6 Å². The van der Waals surface area contributed by atoms with Crippen molar-refractivity contribution < 1.29 is 9.53 Å². The Bertz CT molecular complexity index is 783. The lowest BCUT2D eigenvalue weighted by Gasteiger charge is -2.36. The van der Waals surface area contributed by atoms with Gasteiger partial charge >= 0.3 is 0 Å². The maximum atomic E-state index is 12.9. The lowest BCUT2D eigenvalue weighted by atomic mass is 10.0. The quantitative estimate of drug-likeness (QED) is 0.919. The largest absolute Gasteiger partial charge is 0.497 e. The highest BCUT2D eigenvalue weighted by atomic mass is 16.5. The normalized spacial score (nSPS) is 17.6. The van der Waals surface area contributed by atoms with Gasteiger partial charge in [-0.15, -0.1) is 0 Å². The van der Waals surface area contributed by atoms with E-state index >= 15 is 0 Å². The van der Waals surface area contributed by atoms with E-state index in [1.807, 2.05) is 29.2 Å². The number of methoxy groups -OCH3 is 1. The Morgan fingerprint density at radius 2 is 1.96 bits per heavy atom. The van der Waals surface area contributed by atoms with Crippen LogP contribution < -0.4 is 15.6 Å². The highest BCUT2D eigenvalue weighted by Crippen LogP contribution is 2.25. The lowest BCUT2D eigenvalue weighted by molar-refractivity contribution is 0.0633. The molecule has 6 heteroatoms. The molecular formula is C18H21N3O3. The van der Waals surface area contributed by atoms with Gasteiger partial charge in [0.2, 0.25) is 5.56 Å². The zero-order chi connectivity index (χ0) is 17.1. The maximum Gasteiger partial charge on any atom is 0.255 e. The number of rotatable bonds is 3. The first kappa shape index (κ1) is 16.3. The van der Waals surface area contributed by atoms with E-state index in [1.54, 1.807) is 26.4 Å². The van der Waals surface area contributed by atoms with Gasteiger partial charge < -0.3 is 19.5 Å². The minimum atomic E-state index is -0.126. The third kappa shape index (κ3) is 3.19. The SMILES string of the molecule is COc1ccc([C@@H]2CNCCN2C(=O)c2ccc(=O)n(C)c2)cc1. The number of carbonyl (C=O) groups is 1. The van der Waals surface area contributed by atoms with Crippen LogP contribution in [0.3, 0.4) is 0 Å². The first-order valence-electron chi connectivity index (χ1n) is 7.92. The molecule has 1 N–H and O–H groups in total. The molecule has 0 radical (unpaired) electrons. The molecule has 1 aliphatic heterocycles. The average molecular weight is 327 g/mol. The van der Waals surface area contributed by atoms with Gasteiger partial charge in [0.15, 0.2) is 0 Å². The van der Waals surface area contributed by atoms with Crippen molar-refractivity contribution >= 4 is 5.91 Å². The number of hydrogen-bond acceptors (Lipinski definition) is 4. The molecule has 3 rings (SSSR count). The van der Waals surface area contributed by atoms with Gasteiger partial charge in [0.1, 0.15) is 5.75 Å². The number of piperazine rings is 1. The van der Waals surface area contributed by atoms with Crippen LogP contribution in [0.25, 0.3) is 0 Å². The van der Waals surface area contributed by atoms with E-state index in [9.17, 15) is 9.59 Å². The minimum absolute atomic E-state index is 0.0469. The van der Waals surface area contributed by atoms with Crippen molar-refractivity contribution in [2.24, 2.45) is 7.05 Å². The molecule has 0 aliphatic carbocycles. The first-order chi connectivity index (χ1) is 11.6. The summed E-state index contributed by atoms with van der Waals surface area (Å²) < 4.78 is 6.62. The van der Waals surface area contributed by atoms with E-state index in [4.69, 9.17) is 4.74 Å². The zero-order valence-corrected chi connectivity index (χ0v) is 13.9. The van der Waals surface area contributed by atoms with E-state index in [-0.39, 0.29) is 17.5 Å². The molecule has 1 atom stereocenters. The Morgan fingerprint density at radius 1 is 1.21 bits per heavy atom. The van der Waals surface area contributed by atoms with E-state index in [0.29, 0.717) is 18.7 Å². The van der Waals surface area contributed by atoms with Crippen LogP contribution in [0, 0.1) is 0 Å². The molecule has 1 aromatic heterocycles. The molecule has 6 nitrogen and oxygen atoms in total. The Morgan fingerprint density at radius 3 is 2.62 bits per heavy atom. The first-order valence-corrected chi connectivity index (χ1v) is 7.92. The fourth-order valence-corrected chi connectivity index (χ4v) is 2.96. The van der Waals surface area contributed by atoms with Crippen LogP contribution in [0.5, 0.6) is 5.75 Å². The number of nitrogens with one attached hydrogen (secondary N) is 1. The predicted octanol–water partition coefficient (Wildman–Crippen LogP) is 1.18. The molecular weight excluding hydrogens is 306 g/mol. The molecule has 0 unspecified atom stereocenters. The van der Waals surface area contributed by atoms with Gasteiger partial charge in [-0.1, -0.05) is 12.1 Å². The van der Waals surface area contributed by atoms with Crippen LogP contribution in [-0.4, -0.2) is 42.1 Å². The third-order valence-corrected chi connectivity index (χ3v) is 4.34. The van der Waals surface area contributed by atoms with Crippen molar-refractivity contribution in [2.45, 2.75) is 6.04 Å². The number of aromatic nitrogens is 1. The molecule has 0 saturated carbocycles. The monoisotopic (exact) mass is 327 g/mol. The van der Waals surface area contributed by atoms with Crippen molar-refractivity contribution in [1.82, 2.24) is 14.8 Å². The summed E-state index contributed by atoms with van der Waals surface area (Å²) in [5.74, 6) is 0.728. The van der Waals surface area contributed by atoms with E-state index in [0.717, 1.165) is 17.9 Å². The van der Waals surface area contributed by atoms with Crippen LogP contribution >= 0.6 is 0 Å². The summed E-state index contributed by atoms with van der Waals surface area (Å²) in [4.78, 5) is 26.3. The molecule has 1 fully saturated rings. The number of nitrogens with zero attached hydrogens (tertiary/aromatic N) is 2. The second-order valence-electron chi connectivity index (χ2n) is 5.86. The van der Waals surface area contributed by atoms with Gasteiger partial charge in [-0.05, 0) is 23.8 Å². The summed E-state index contributed by atoms with van der Waals surface area (Å²) in [6, 6.07) is 10.7. The molecule has 2 aromatic rings. The van der Waals surface area contributed by atoms with Crippen LogP contribution in [-0.2, 0) is 7.05 Å². The molecule has 2 heterocycles. The van der Waals surface area contributed by atoms with Gasteiger partial charge in [0, 0.05) is 38.9 Å². The van der Waals surface area contributed by atoms with Crippen molar-refractivity contribution in [2.75, 3.05) is 26.7 Å². The molecule has 1 aliphatic rings. The maximum absolute atomic E-state index is 12.9. The number of amides is 1. The summed E-state index contributed by atoms with van der Waals surface area (Å²) in [6.07, 6.45) is 1.60. The zero-order valence-electron chi connectivity index (χ0n) is 13.9. The number of carbonyl (C=O) groups excluding carboxylic acids is 1. The van der Waals surface area contributed by atoms with Crippen molar-refractivity contribution in [1.29, 1.82) is 0 Å². The van der Waals surface area contributed by atoms with Gasteiger partial charge in [-0.2, -0.15) is 0 Å².